The molecule has 5 heteroatoms. The molecule has 0 bridgehead atoms. The lowest BCUT2D eigenvalue weighted by atomic mass is 9.99. The fourth-order valence-corrected chi connectivity index (χ4v) is 7.26. The van der Waals surface area contributed by atoms with Gasteiger partial charge >= 0.3 is 0 Å². The van der Waals surface area contributed by atoms with Gasteiger partial charge in [-0.25, -0.2) is 15.0 Å². The van der Waals surface area contributed by atoms with Crippen LogP contribution in [0.1, 0.15) is 5.56 Å². The maximum Gasteiger partial charge on any atom is 0.166 e. The Balaban J connectivity index is 1.27. The first kappa shape index (κ1) is 29.1. The summed E-state index contributed by atoms with van der Waals surface area (Å²) in [6, 6.07) is 56.8. The minimum atomic E-state index is 0.600. The number of benzene rings is 7. The first-order valence-corrected chi connectivity index (χ1v) is 17.1. The van der Waals surface area contributed by atoms with Crippen LogP contribution in [0, 0.1) is 6.92 Å². The summed E-state index contributed by atoms with van der Waals surface area (Å²) in [6.07, 6.45) is 0. The van der Waals surface area contributed by atoms with E-state index in [-0.39, 0.29) is 0 Å². The molecule has 3 aromatic heterocycles. The van der Waals surface area contributed by atoms with E-state index in [0.717, 1.165) is 66.5 Å². The van der Waals surface area contributed by atoms with Crippen LogP contribution in [0.2, 0.25) is 0 Å². The monoisotopic (exact) mass is 654 g/mol. The highest BCUT2D eigenvalue weighted by atomic mass is 16.3. The minimum Gasteiger partial charge on any atom is -0.456 e. The van der Waals surface area contributed by atoms with Crippen LogP contribution in [-0.4, -0.2) is 19.5 Å². The summed E-state index contributed by atoms with van der Waals surface area (Å²) < 4.78 is 8.67. The third-order valence-electron chi connectivity index (χ3n) is 9.72. The zero-order chi connectivity index (χ0) is 33.9. The molecular weight excluding hydrogens is 625 g/mol. The molecule has 10 rings (SSSR count). The van der Waals surface area contributed by atoms with Crippen LogP contribution in [0.3, 0.4) is 0 Å². The molecule has 10 aromatic rings. The highest BCUT2D eigenvalue weighted by molar-refractivity contribution is 6.10. The van der Waals surface area contributed by atoms with Crippen LogP contribution in [0.5, 0.6) is 0 Å². The van der Waals surface area contributed by atoms with E-state index in [1.807, 2.05) is 72.8 Å². The van der Waals surface area contributed by atoms with Crippen molar-refractivity contribution in [3.63, 3.8) is 0 Å². The van der Waals surface area contributed by atoms with E-state index in [9.17, 15) is 0 Å². The molecule has 240 valence electrons. The topological polar surface area (TPSA) is 56.7 Å². The van der Waals surface area contributed by atoms with E-state index in [4.69, 9.17) is 19.4 Å². The molecule has 0 fully saturated rings. The second kappa shape index (κ2) is 11.6. The SMILES string of the molecule is Cc1ccc2c3ccccc3n(-c3ccc(-c4ccc5c(c4)oc4ccccc45)cc3-c3nc(-c4ccccc4)nc(-c4ccccc4)n3)c2c1. The van der Waals surface area contributed by atoms with Crippen LogP contribution < -0.4 is 0 Å². The summed E-state index contributed by atoms with van der Waals surface area (Å²) in [5.41, 5.74) is 11.0. The molecule has 0 radical (unpaired) electrons. The van der Waals surface area contributed by atoms with E-state index >= 15 is 0 Å². The van der Waals surface area contributed by atoms with Crippen molar-refractivity contribution >= 4 is 43.7 Å². The van der Waals surface area contributed by atoms with Crippen LogP contribution >= 0.6 is 0 Å². The van der Waals surface area contributed by atoms with Gasteiger partial charge in [-0.1, -0.05) is 121 Å². The zero-order valence-corrected chi connectivity index (χ0v) is 27.8. The molecular formula is C46H30N4O. The van der Waals surface area contributed by atoms with Gasteiger partial charge in [0, 0.05) is 38.2 Å². The highest BCUT2D eigenvalue weighted by Crippen LogP contribution is 2.39. The van der Waals surface area contributed by atoms with Crippen molar-refractivity contribution in [3.05, 3.63) is 169 Å². The first-order chi connectivity index (χ1) is 25.2. The van der Waals surface area contributed by atoms with Crippen molar-refractivity contribution in [1.29, 1.82) is 0 Å². The smallest absolute Gasteiger partial charge is 0.166 e. The number of rotatable bonds is 5. The maximum absolute atomic E-state index is 6.31. The van der Waals surface area contributed by atoms with Crippen LogP contribution in [0.25, 0.3) is 94.7 Å². The van der Waals surface area contributed by atoms with Crippen molar-refractivity contribution < 1.29 is 4.42 Å². The molecule has 0 unspecified atom stereocenters. The van der Waals surface area contributed by atoms with Gasteiger partial charge in [-0.15, -0.1) is 0 Å². The Bertz CT molecular complexity index is 2870. The molecule has 7 aromatic carbocycles. The minimum absolute atomic E-state index is 0.600. The molecule has 0 aliphatic carbocycles. The molecule has 0 aliphatic heterocycles. The number of nitrogens with zero attached hydrogens (tertiary/aromatic N) is 4. The van der Waals surface area contributed by atoms with Crippen LogP contribution in [0.15, 0.2) is 168 Å². The Hall–Kier alpha value is -6.85. The zero-order valence-electron chi connectivity index (χ0n) is 27.8. The van der Waals surface area contributed by atoms with Gasteiger partial charge in [-0.05, 0) is 66.1 Å². The van der Waals surface area contributed by atoms with Crippen LogP contribution in [-0.2, 0) is 0 Å². The Morgan fingerprint density at radius 3 is 1.75 bits per heavy atom. The Labute approximate surface area is 294 Å². The van der Waals surface area contributed by atoms with Gasteiger partial charge in [0.1, 0.15) is 11.2 Å². The molecule has 0 N–H and O–H groups in total. The summed E-state index contributed by atoms with van der Waals surface area (Å²) in [5, 5.41) is 4.61. The molecule has 0 spiro atoms. The van der Waals surface area contributed by atoms with E-state index in [1.54, 1.807) is 0 Å². The first-order valence-electron chi connectivity index (χ1n) is 17.1. The number of fused-ring (bicyclic) bond motifs is 6. The van der Waals surface area contributed by atoms with Crippen molar-refractivity contribution in [2.45, 2.75) is 6.92 Å². The van der Waals surface area contributed by atoms with Gasteiger partial charge in [0.15, 0.2) is 17.5 Å². The van der Waals surface area contributed by atoms with E-state index in [1.165, 1.54) is 16.3 Å². The highest BCUT2D eigenvalue weighted by Gasteiger charge is 2.21. The second-order valence-corrected chi connectivity index (χ2v) is 13.0. The Kier molecular flexibility index (Phi) is 6.64. The largest absolute Gasteiger partial charge is 0.456 e. The molecule has 3 heterocycles. The fourth-order valence-electron chi connectivity index (χ4n) is 7.26. The normalized spacial score (nSPS) is 11.6. The summed E-state index contributed by atoms with van der Waals surface area (Å²) in [6.45, 7) is 2.14. The van der Waals surface area contributed by atoms with E-state index in [2.05, 4.69) is 102 Å². The average molecular weight is 655 g/mol. The standard InChI is InChI=1S/C46H30N4O/c1-29-20-23-35-34-16-8-10-18-39(34)50(41(35)26-29)40-25-22-32(33-21-24-37-36-17-9-11-19-42(36)51-43(37)28-33)27-38(40)46-48-44(30-12-4-2-5-13-30)47-45(49-46)31-14-6-3-7-15-31/h2-28H,1H3. The number of hydrogen-bond acceptors (Lipinski definition) is 4. The summed E-state index contributed by atoms with van der Waals surface area (Å²) >= 11 is 0. The van der Waals surface area contributed by atoms with Gasteiger partial charge in [0.2, 0.25) is 0 Å². The third kappa shape index (κ3) is 4.90. The summed E-state index contributed by atoms with van der Waals surface area (Å²) in [5.74, 6) is 1.85. The lowest BCUT2D eigenvalue weighted by Crippen LogP contribution is -2.04. The number of furan rings is 1. The predicted molar refractivity (Wildman–Crippen MR) is 208 cm³/mol. The predicted octanol–water partition coefficient (Wildman–Crippen LogP) is 11.8. The molecule has 0 saturated carbocycles. The van der Waals surface area contributed by atoms with Gasteiger partial charge in [-0.3, -0.25) is 0 Å². The molecule has 0 aliphatic rings. The Morgan fingerprint density at radius 2 is 0.980 bits per heavy atom. The van der Waals surface area contributed by atoms with Crippen molar-refractivity contribution in [3.8, 4) is 51.0 Å². The summed E-state index contributed by atoms with van der Waals surface area (Å²) in [7, 11) is 0. The van der Waals surface area contributed by atoms with Gasteiger partial charge in [0.05, 0.1) is 16.7 Å². The number of para-hydroxylation sites is 2. The van der Waals surface area contributed by atoms with Crippen molar-refractivity contribution in [1.82, 2.24) is 19.5 Å². The fraction of sp³-hybridized carbons (Fsp3) is 0.0217. The van der Waals surface area contributed by atoms with Crippen molar-refractivity contribution in [2.75, 3.05) is 0 Å². The lowest BCUT2D eigenvalue weighted by molar-refractivity contribution is 0.669. The lowest BCUT2D eigenvalue weighted by Gasteiger charge is -2.16. The molecule has 0 amide bonds. The molecule has 5 nitrogen and oxygen atoms in total. The molecule has 0 saturated heterocycles. The van der Waals surface area contributed by atoms with Crippen LogP contribution in [0.4, 0.5) is 0 Å². The van der Waals surface area contributed by atoms with E-state index < -0.39 is 0 Å². The number of aryl methyl sites for hydroxylation is 1. The Morgan fingerprint density at radius 1 is 0.412 bits per heavy atom. The molecule has 0 atom stereocenters. The van der Waals surface area contributed by atoms with Crippen molar-refractivity contribution in [2.24, 2.45) is 0 Å². The quantitative estimate of drug-likeness (QED) is 0.185. The number of aromatic nitrogens is 4. The molecule has 51 heavy (non-hydrogen) atoms. The summed E-state index contributed by atoms with van der Waals surface area (Å²) in [4.78, 5) is 15.4. The van der Waals surface area contributed by atoms with E-state index in [0.29, 0.717) is 17.5 Å². The average Bonchev–Trinajstić information content (AvgIpc) is 3.73. The second-order valence-electron chi connectivity index (χ2n) is 13.0. The maximum atomic E-state index is 6.31. The third-order valence-corrected chi connectivity index (χ3v) is 9.72. The van der Waals surface area contributed by atoms with Gasteiger partial charge in [-0.2, -0.15) is 0 Å². The number of hydrogen-bond donors (Lipinski definition) is 0. The van der Waals surface area contributed by atoms with Gasteiger partial charge < -0.3 is 8.98 Å². The van der Waals surface area contributed by atoms with Gasteiger partial charge in [0.25, 0.3) is 0 Å².